The summed E-state index contributed by atoms with van der Waals surface area (Å²) in [4.78, 5) is 3.76. The van der Waals surface area contributed by atoms with Crippen LogP contribution in [0.5, 0.6) is 0 Å². The maximum Gasteiger partial charge on any atom is 0.418 e. The molecular weight excluding hydrogens is 235 g/mol. The molecule has 0 amide bonds. The van der Waals surface area contributed by atoms with Gasteiger partial charge in [0.25, 0.3) is 0 Å². The Morgan fingerprint density at radius 2 is 2.00 bits per heavy atom. The standard InChI is InChI=1S/C9H8F3N5/c1-5-3-6(9(10,11)12)7(13-4-5)8-14-15-16-17(8)2/h3-4H,1-2H3. The quantitative estimate of drug-likeness (QED) is 0.763. The van der Waals surface area contributed by atoms with Crippen LogP contribution in [-0.4, -0.2) is 25.2 Å². The van der Waals surface area contributed by atoms with Gasteiger partial charge in [-0.25, -0.2) is 4.68 Å². The molecule has 0 aliphatic heterocycles. The Kier molecular flexibility index (Phi) is 2.56. The fourth-order valence-electron chi connectivity index (χ4n) is 1.39. The number of hydrogen-bond acceptors (Lipinski definition) is 4. The lowest BCUT2D eigenvalue weighted by Gasteiger charge is -2.11. The van der Waals surface area contributed by atoms with Crippen molar-refractivity contribution in [1.29, 1.82) is 0 Å². The number of rotatable bonds is 1. The number of aryl methyl sites for hydroxylation is 2. The summed E-state index contributed by atoms with van der Waals surface area (Å²) >= 11 is 0. The number of nitrogens with zero attached hydrogens (tertiary/aromatic N) is 5. The zero-order valence-corrected chi connectivity index (χ0v) is 9.02. The van der Waals surface area contributed by atoms with Gasteiger partial charge in [-0.1, -0.05) is 0 Å². The van der Waals surface area contributed by atoms with Crippen molar-refractivity contribution >= 4 is 0 Å². The van der Waals surface area contributed by atoms with Gasteiger partial charge in [-0.3, -0.25) is 4.98 Å². The van der Waals surface area contributed by atoms with Crippen molar-refractivity contribution in [2.75, 3.05) is 0 Å². The van der Waals surface area contributed by atoms with Crippen LogP contribution in [-0.2, 0) is 13.2 Å². The van der Waals surface area contributed by atoms with Crippen molar-refractivity contribution in [2.45, 2.75) is 13.1 Å². The summed E-state index contributed by atoms with van der Waals surface area (Å²) in [6.45, 7) is 1.54. The Balaban J connectivity index is 2.67. The van der Waals surface area contributed by atoms with E-state index in [0.29, 0.717) is 5.56 Å². The smallest absolute Gasteiger partial charge is 0.252 e. The summed E-state index contributed by atoms with van der Waals surface area (Å²) in [6, 6.07) is 1.02. The van der Waals surface area contributed by atoms with Crippen molar-refractivity contribution in [3.05, 3.63) is 23.4 Å². The van der Waals surface area contributed by atoms with Gasteiger partial charge in [0.15, 0.2) is 0 Å². The van der Waals surface area contributed by atoms with Gasteiger partial charge >= 0.3 is 6.18 Å². The van der Waals surface area contributed by atoms with Crippen molar-refractivity contribution < 1.29 is 13.2 Å². The fraction of sp³-hybridized carbons (Fsp3) is 0.333. The Hall–Kier alpha value is -1.99. The van der Waals surface area contributed by atoms with E-state index in [9.17, 15) is 13.2 Å². The molecular formula is C9H8F3N5. The molecule has 90 valence electrons. The first kappa shape index (κ1) is 11.5. The van der Waals surface area contributed by atoms with Crippen LogP contribution in [0.4, 0.5) is 13.2 Å². The van der Waals surface area contributed by atoms with E-state index in [0.717, 1.165) is 10.7 Å². The Labute approximate surface area is 94.3 Å². The van der Waals surface area contributed by atoms with Crippen LogP contribution < -0.4 is 0 Å². The summed E-state index contributed by atoms with van der Waals surface area (Å²) in [5.74, 6) is -0.0164. The van der Waals surface area contributed by atoms with Gasteiger partial charge in [0.05, 0.1) is 5.56 Å². The molecule has 0 saturated heterocycles. The molecule has 2 aromatic heterocycles. The minimum atomic E-state index is -4.49. The molecule has 0 bridgehead atoms. The minimum Gasteiger partial charge on any atom is -0.252 e. The summed E-state index contributed by atoms with van der Waals surface area (Å²) in [6.07, 6.45) is -3.14. The van der Waals surface area contributed by atoms with Crippen LogP contribution in [0.1, 0.15) is 11.1 Å². The van der Waals surface area contributed by atoms with Crippen LogP contribution in [0, 0.1) is 6.92 Å². The lowest BCUT2D eigenvalue weighted by Crippen LogP contribution is -2.11. The highest BCUT2D eigenvalue weighted by Crippen LogP contribution is 2.35. The number of hydrogen-bond donors (Lipinski definition) is 0. The molecule has 17 heavy (non-hydrogen) atoms. The van der Waals surface area contributed by atoms with Gasteiger partial charge < -0.3 is 0 Å². The van der Waals surface area contributed by atoms with Crippen LogP contribution in [0.2, 0.25) is 0 Å². The zero-order valence-electron chi connectivity index (χ0n) is 9.02. The SMILES string of the molecule is Cc1cnc(-c2nnnn2C)c(C(F)(F)F)c1. The normalized spacial score (nSPS) is 11.8. The molecule has 0 aliphatic carbocycles. The van der Waals surface area contributed by atoms with Crippen LogP contribution >= 0.6 is 0 Å². The average Bonchev–Trinajstić information content (AvgIpc) is 2.63. The average molecular weight is 243 g/mol. The summed E-state index contributed by atoms with van der Waals surface area (Å²) in [5.41, 5.74) is -0.679. The lowest BCUT2D eigenvalue weighted by molar-refractivity contribution is -0.137. The molecule has 0 radical (unpaired) electrons. The van der Waals surface area contributed by atoms with E-state index in [1.165, 1.54) is 13.2 Å². The van der Waals surface area contributed by atoms with Gasteiger partial charge in [-0.05, 0) is 29.0 Å². The topological polar surface area (TPSA) is 56.5 Å². The second-order valence-electron chi connectivity index (χ2n) is 3.53. The second kappa shape index (κ2) is 3.79. The molecule has 0 atom stereocenters. The number of halogens is 3. The van der Waals surface area contributed by atoms with Gasteiger partial charge in [-0.2, -0.15) is 13.2 Å². The van der Waals surface area contributed by atoms with Crippen molar-refractivity contribution in [3.63, 3.8) is 0 Å². The van der Waals surface area contributed by atoms with Gasteiger partial charge in [0.2, 0.25) is 5.82 Å². The van der Waals surface area contributed by atoms with E-state index < -0.39 is 11.7 Å². The fourth-order valence-corrected chi connectivity index (χ4v) is 1.39. The highest BCUT2D eigenvalue weighted by atomic mass is 19.4. The van der Waals surface area contributed by atoms with Crippen LogP contribution in [0.25, 0.3) is 11.5 Å². The molecule has 0 unspecified atom stereocenters. The predicted octanol–water partition coefficient (Wildman–Crippen LogP) is 1.60. The molecule has 8 heteroatoms. The Bertz CT molecular complexity index is 546. The zero-order chi connectivity index (χ0) is 12.6. The summed E-state index contributed by atoms with van der Waals surface area (Å²) in [5, 5.41) is 10.3. The number of alkyl halides is 3. The predicted molar refractivity (Wildman–Crippen MR) is 51.8 cm³/mol. The monoisotopic (exact) mass is 243 g/mol. The van der Waals surface area contributed by atoms with E-state index in [1.54, 1.807) is 6.92 Å². The molecule has 0 aliphatic rings. The molecule has 0 aromatic carbocycles. The van der Waals surface area contributed by atoms with Gasteiger partial charge in [-0.15, -0.1) is 5.10 Å². The summed E-state index contributed by atoms with van der Waals surface area (Å²) < 4.78 is 39.6. The first-order chi connectivity index (χ1) is 7.89. The molecule has 2 rings (SSSR count). The summed E-state index contributed by atoms with van der Waals surface area (Å²) in [7, 11) is 1.46. The van der Waals surface area contributed by atoms with E-state index in [1.807, 2.05) is 0 Å². The van der Waals surface area contributed by atoms with E-state index in [4.69, 9.17) is 0 Å². The molecule has 2 aromatic rings. The van der Waals surface area contributed by atoms with Crippen molar-refractivity contribution in [2.24, 2.45) is 7.05 Å². The third kappa shape index (κ3) is 2.10. The molecule has 5 nitrogen and oxygen atoms in total. The van der Waals surface area contributed by atoms with Gasteiger partial charge in [0, 0.05) is 13.2 Å². The maximum atomic E-state index is 12.8. The Morgan fingerprint density at radius 1 is 1.29 bits per heavy atom. The Morgan fingerprint density at radius 3 is 2.53 bits per heavy atom. The lowest BCUT2D eigenvalue weighted by atomic mass is 10.1. The molecule has 0 fully saturated rings. The first-order valence-corrected chi connectivity index (χ1v) is 4.66. The van der Waals surface area contributed by atoms with E-state index >= 15 is 0 Å². The van der Waals surface area contributed by atoms with E-state index in [-0.39, 0.29) is 11.5 Å². The maximum absolute atomic E-state index is 12.8. The minimum absolute atomic E-state index is 0.0164. The first-order valence-electron chi connectivity index (χ1n) is 4.66. The third-order valence-electron chi connectivity index (χ3n) is 2.16. The second-order valence-corrected chi connectivity index (χ2v) is 3.53. The molecule has 0 N–H and O–H groups in total. The molecule has 0 saturated carbocycles. The highest BCUT2D eigenvalue weighted by molar-refractivity contribution is 5.56. The number of tetrazole rings is 1. The highest BCUT2D eigenvalue weighted by Gasteiger charge is 2.36. The van der Waals surface area contributed by atoms with Gasteiger partial charge in [0.1, 0.15) is 5.69 Å². The van der Waals surface area contributed by atoms with E-state index in [2.05, 4.69) is 20.5 Å². The third-order valence-corrected chi connectivity index (χ3v) is 2.16. The van der Waals surface area contributed by atoms with Crippen molar-refractivity contribution in [3.8, 4) is 11.5 Å². The van der Waals surface area contributed by atoms with Crippen LogP contribution in [0.15, 0.2) is 12.3 Å². The number of pyridine rings is 1. The number of aromatic nitrogens is 5. The largest absolute Gasteiger partial charge is 0.418 e. The molecule has 0 spiro atoms. The molecule has 2 heterocycles. The van der Waals surface area contributed by atoms with Crippen LogP contribution in [0.3, 0.4) is 0 Å². The van der Waals surface area contributed by atoms with Crippen molar-refractivity contribution in [1.82, 2.24) is 25.2 Å².